The van der Waals surface area contributed by atoms with Gasteiger partial charge in [0, 0.05) is 9.35 Å². The lowest BCUT2D eigenvalue weighted by Gasteiger charge is -2.07. The van der Waals surface area contributed by atoms with Crippen LogP contribution in [0.15, 0.2) is 45.1 Å². The molecule has 0 unspecified atom stereocenters. The van der Waals surface area contributed by atoms with Gasteiger partial charge >= 0.3 is 0 Å². The van der Waals surface area contributed by atoms with Crippen LogP contribution in [0.3, 0.4) is 0 Å². The Hall–Kier alpha value is -0.850. The van der Waals surface area contributed by atoms with Crippen LogP contribution in [-0.2, 0) is 16.3 Å². The molecule has 2 N–H and O–H groups in total. The van der Waals surface area contributed by atoms with Crippen molar-refractivity contribution >= 4 is 42.8 Å². The fourth-order valence-electron chi connectivity index (χ4n) is 1.58. The smallest absolute Gasteiger partial charge is 0.180 e. The van der Waals surface area contributed by atoms with Crippen LogP contribution in [-0.4, -0.2) is 14.2 Å². The van der Waals surface area contributed by atoms with Gasteiger partial charge in [0.15, 0.2) is 9.84 Å². The zero-order valence-corrected chi connectivity index (χ0v) is 12.7. The first-order chi connectivity index (χ1) is 8.49. The number of anilines is 1. The van der Waals surface area contributed by atoms with E-state index in [4.69, 9.17) is 5.73 Å². The van der Waals surface area contributed by atoms with Crippen molar-refractivity contribution in [3.8, 4) is 0 Å². The van der Waals surface area contributed by atoms with Crippen LogP contribution in [0.5, 0.6) is 0 Å². The van der Waals surface area contributed by atoms with Gasteiger partial charge in [0.25, 0.3) is 0 Å². The molecule has 0 amide bonds. The zero-order valence-electron chi connectivity index (χ0n) is 9.47. The van der Waals surface area contributed by atoms with Crippen molar-refractivity contribution in [1.82, 2.24) is 0 Å². The highest BCUT2D eigenvalue weighted by Gasteiger charge is 2.18. The topological polar surface area (TPSA) is 60.2 Å². The van der Waals surface area contributed by atoms with Crippen molar-refractivity contribution in [2.45, 2.75) is 11.3 Å². The second-order valence-electron chi connectivity index (χ2n) is 3.83. The van der Waals surface area contributed by atoms with Gasteiger partial charge in [-0.3, -0.25) is 0 Å². The summed E-state index contributed by atoms with van der Waals surface area (Å²) >= 11 is 4.82. The van der Waals surface area contributed by atoms with Crippen molar-refractivity contribution in [3.63, 3.8) is 0 Å². The molecule has 2 rings (SSSR count). The average molecular weight is 346 g/mol. The zero-order chi connectivity index (χ0) is 13.2. The van der Waals surface area contributed by atoms with Gasteiger partial charge in [0.2, 0.25) is 0 Å². The summed E-state index contributed by atoms with van der Waals surface area (Å²) in [7, 11) is -3.34. The van der Waals surface area contributed by atoms with E-state index in [9.17, 15) is 8.42 Å². The van der Waals surface area contributed by atoms with Crippen LogP contribution in [0.4, 0.5) is 5.69 Å². The Morgan fingerprint density at radius 1 is 1.28 bits per heavy atom. The third-order valence-corrected chi connectivity index (χ3v) is 5.70. The van der Waals surface area contributed by atoms with Gasteiger partial charge < -0.3 is 5.73 Å². The maximum Gasteiger partial charge on any atom is 0.180 e. The maximum absolute atomic E-state index is 12.2. The van der Waals surface area contributed by atoms with Crippen molar-refractivity contribution in [1.29, 1.82) is 0 Å². The molecular weight excluding hydrogens is 334 g/mol. The highest BCUT2D eigenvalue weighted by atomic mass is 79.9. The monoisotopic (exact) mass is 345 g/mol. The number of hydrogen-bond acceptors (Lipinski definition) is 4. The van der Waals surface area contributed by atoms with Crippen LogP contribution >= 0.6 is 27.3 Å². The lowest BCUT2D eigenvalue weighted by Crippen LogP contribution is -2.11. The SMILES string of the molecule is Nc1ccc(Br)cc1S(=O)(=O)CCc1cccs1. The Balaban J connectivity index is 2.22. The Bertz CT molecular complexity index is 636. The Morgan fingerprint density at radius 3 is 2.72 bits per heavy atom. The number of rotatable bonds is 4. The van der Waals surface area contributed by atoms with Crippen LogP contribution in [0.2, 0.25) is 0 Å². The molecular formula is C12H12BrNO2S2. The molecule has 0 aliphatic heterocycles. The van der Waals surface area contributed by atoms with E-state index in [1.165, 1.54) is 0 Å². The largest absolute Gasteiger partial charge is 0.398 e. The normalized spacial score (nSPS) is 11.6. The number of nitrogens with two attached hydrogens (primary N) is 1. The number of hydrogen-bond donors (Lipinski definition) is 1. The minimum atomic E-state index is -3.34. The summed E-state index contributed by atoms with van der Waals surface area (Å²) in [5.41, 5.74) is 6.02. The maximum atomic E-state index is 12.2. The first-order valence-corrected chi connectivity index (χ1v) is 8.62. The standard InChI is InChI=1S/C12H12BrNO2S2/c13-9-3-4-11(14)12(8-9)18(15,16)7-5-10-2-1-6-17-10/h1-4,6,8H,5,7,14H2. The first-order valence-electron chi connectivity index (χ1n) is 5.29. The number of benzene rings is 1. The van der Waals surface area contributed by atoms with E-state index in [2.05, 4.69) is 15.9 Å². The van der Waals surface area contributed by atoms with E-state index in [0.29, 0.717) is 16.6 Å². The first kappa shape index (κ1) is 13.6. The second kappa shape index (κ2) is 5.42. The molecule has 0 saturated heterocycles. The summed E-state index contributed by atoms with van der Waals surface area (Å²) in [6.07, 6.45) is 0.520. The molecule has 96 valence electrons. The molecule has 1 heterocycles. The molecule has 2 aromatic rings. The van der Waals surface area contributed by atoms with Crippen LogP contribution in [0.25, 0.3) is 0 Å². The number of sulfone groups is 1. The Morgan fingerprint density at radius 2 is 2.06 bits per heavy atom. The van der Waals surface area contributed by atoms with Crippen molar-refractivity contribution in [2.75, 3.05) is 11.5 Å². The molecule has 0 spiro atoms. The van der Waals surface area contributed by atoms with Gasteiger partial charge in [0.05, 0.1) is 16.3 Å². The summed E-state index contributed by atoms with van der Waals surface area (Å²) in [6, 6.07) is 8.74. The highest BCUT2D eigenvalue weighted by molar-refractivity contribution is 9.10. The number of aryl methyl sites for hydroxylation is 1. The lowest BCUT2D eigenvalue weighted by molar-refractivity contribution is 0.596. The molecule has 0 atom stereocenters. The fraction of sp³-hybridized carbons (Fsp3) is 0.167. The van der Waals surface area contributed by atoms with Crippen molar-refractivity contribution in [3.05, 3.63) is 45.1 Å². The van der Waals surface area contributed by atoms with E-state index in [0.717, 1.165) is 4.88 Å². The van der Waals surface area contributed by atoms with Crippen molar-refractivity contribution in [2.24, 2.45) is 0 Å². The third kappa shape index (κ3) is 3.13. The van der Waals surface area contributed by atoms with Gasteiger partial charge in [-0.05, 0) is 36.1 Å². The summed E-state index contributed by atoms with van der Waals surface area (Å²) < 4.78 is 25.1. The summed E-state index contributed by atoms with van der Waals surface area (Å²) in [5.74, 6) is 0.0775. The van der Waals surface area contributed by atoms with Gasteiger partial charge in [-0.2, -0.15) is 0 Å². The van der Waals surface area contributed by atoms with E-state index in [1.54, 1.807) is 29.5 Å². The second-order valence-corrected chi connectivity index (χ2v) is 7.86. The molecule has 3 nitrogen and oxygen atoms in total. The molecule has 1 aromatic heterocycles. The van der Waals surface area contributed by atoms with Gasteiger partial charge in [0.1, 0.15) is 0 Å². The Labute approximate surface area is 119 Å². The summed E-state index contributed by atoms with van der Waals surface area (Å²) in [5, 5.41) is 1.94. The van der Waals surface area contributed by atoms with Crippen LogP contribution in [0, 0.1) is 0 Å². The minimum Gasteiger partial charge on any atom is -0.398 e. The molecule has 6 heteroatoms. The minimum absolute atomic E-state index is 0.0775. The molecule has 1 aromatic carbocycles. The fourth-order valence-corrected chi connectivity index (χ4v) is 4.37. The number of halogens is 1. The average Bonchev–Trinajstić information content (AvgIpc) is 2.83. The molecule has 0 fully saturated rings. The molecule has 18 heavy (non-hydrogen) atoms. The van der Waals surface area contributed by atoms with E-state index >= 15 is 0 Å². The molecule has 0 aliphatic rings. The quantitative estimate of drug-likeness (QED) is 0.866. The summed E-state index contributed by atoms with van der Waals surface area (Å²) in [4.78, 5) is 1.26. The molecule has 0 bridgehead atoms. The summed E-state index contributed by atoms with van der Waals surface area (Å²) in [6.45, 7) is 0. The molecule has 0 saturated carbocycles. The van der Waals surface area contributed by atoms with Crippen LogP contribution < -0.4 is 5.73 Å². The third-order valence-electron chi connectivity index (χ3n) is 2.51. The predicted octanol–water partition coefficient (Wildman–Crippen LogP) is 3.11. The van der Waals surface area contributed by atoms with E-state index < -0.39 is 9.84 Å². The molecule has 0 radical (unpaired) electrons. The van der Waals surface area contributed by atoms with Gasteiger partial charge in [-0.15, -0.1) is 11.3 Å². The van der Waals surface area contributed by atoms with E-state index in [-0.39, 0.29) is 10.6 Å². The highest BCUT2D eigenvalue weighted by Crippen LogP contribution is 2.25. The number of thiophene rings is 1. The van der Waals surface area contributed by atoms with Gasteiger partial charge in [-0.25, -0.2) is 8.42 Å². The Kier molecular flexibility index (Phi) is 4.09. The predicted molar refractivity (Wildman–Crippen MR) is 78.6 cm³/mol. The lowest BCUT2D eigenvalue weighted by atomic mass is 10.3. The van der Waals surface area contributed by atoms with E-state index in [1.807, 2.05) is 17.5 Å². The number of nitrogen functional groups attached to an aromatic ring is 1. The van der Waals surface area contributed by atoms with Crippen molar-refractivity contribution < 1.29 is 8.42 Å². The molecule has 0 aliphatic carbocycles. The van der Waals surface area contributed by atoms with Crippen LogP contribution in [0.1, 0.15) is 4.88 Å². The van der Waals surface area contributed by atoms with Gasteiger partial charge in [-0.1, -0.05) is 22.0 Å².